The normalized spacial score (nSPS) is 15.1. The monoisotopic (exact) mass is 308 g/mol. The van der Waals surface area contributed by atoms with Crippen LogP contribution in [0.25, 0.3) is 0 Å². The molecule has 0 atom stereocenters. The number of piperazine rings is 1. The van der Waals surface area contributed by atoms with Crippen LogP contribution in [0.5, 0.6) is 0 Å². The van der Waals surface area contributed by atoms with Gasteiger partial charge in [0.1, 0.15) is 0 Å². The van der Waals surface area contributed by atoms with Crippen LogP contribution in [0, 0.1) is 0 Å². The number of carbonyl (C=O) groups excluding carboxylic acids is 2. The van der Waals surface area contributed by atoms with E-state index in [4.69, 9.17) is 5.11 Å². The molecule has 2 amide bonds. The zero-order valence-corrected chi connectivity index (χ0v) is 12.9. The first-order chi connectivity index (χ1) is 10.1. The lowest BCUT2D eigenvalue weighted by molar-refractivity contribution is -0.136. The molecule has 6 heteroatoms. The maximum Gasteiger partial charge on any atom is 0.233 e. The molecule has 114 valence electrons. The number of thioether (sulfide) groups is 1. The van der Waals surface area contributed by atoms with Gasteiger partial charge in [0.05, 0.1) is 12.4 Å². The van der Waals surface area contributed by atoms with Gasteiger partial charge in [-0.05, 0) is 17.7 Å². The lowest BCUT2D eigenvalue weighted by Gasteiger charge is -2.34. The fourth-order valence-electron chi connectivity index (χ4n) is 2.20. The summed E-state index contributed by atoms with van der Waals surface area (Å²) >= 11 is 1.50. The van der Waals surface area contributed by atoms with E-state index in [0.717, 1.165) is 10.5 Å². The van der Waals surface area contributed by atoms with E-state index in [1.165, 1.54) is 11.8 Å². The first-order valence-corrected chi connectivity index (χ1v) is 7.94. The Morgan fingerprint density at radius 1 is 1.10 bits per heavy atom. The molecule has 1 N–H and O–H groups in total. The predicted molar refractivity (Wildman–Crippen MR) is 81.9 cm³/mol. The number of aliphatic hydroxyl groups excluding tert-OH is 1. The van der Waals surface area contributed by atoms with Crippen LogP contribution in [-0.2, 0) is 16.2 Å². The zero-order valence-electron chi connectivity index (χ0n) is 12.1. The predicted octanol–water partition coefficient (Wildman–Crippen LogP) is 0.962. The van der Waals surface area contributed by atoms with Gasteiger partial charge in [-0.15, -0.1) is 11.8 Å². The summed E-state index contributed by atoms with van der Waals surface area (Å²) in [4.78, 5) is 28.0. The Hall–Kier alpha value is -1.53. The molecule has 2 rings (SSSR count). The number of hydrogen-bond donors (Lipinski definition) is 1. The Morgan fingerprint density at radius 3 is 2.19 bits per heavy atom. The Morgan fingerprint density at radius 2 is 1.67 bits per heavy atom. The maximum absolute atomic E-state index is 12.1. The minimum absolute atomic E-state index is 0.0320. The lowest BCUT2D eigenvalue weighted by atomic mass is 10.2. The van der Waals surface area contributed by atoms with E-state index in [9.17, 15) is 9.59 Å². The van der Waals surface area contributed by atoms with Crippen molar-refractivity contribution in [1.29, 1.82) is 0 Å². The number of carbonyl (C=O) groups is 2. The van der Waals surface area contributed by atoms with Crippen molar-refractivity contribution in [1.82, 2.24) is 9.80 Å². The number of amides is 2. The highest BCUT2D eigenvalue weighted by atomic mass is 32.2. The highest BCUT2D eigenvalue weighted by Gasteiger charge is 2.22. The van der Waals surface area contributed by atoms with Crippen LogP contribution in [0.3, 0.4) is 0 Å². The van der Waals surface area contributed by atoms with Gasteiger partial charge in [0, 0.05) is 38.0 Å². The van der Waals surface area contributed by atoms with E-state index in [2.05, 4.69) is 0 Å². The molecule has 1 aliphatic rings. The quantitative estimate of drug-likeness (QED) is 0.842. The number of hydrogen-bond acceptors (Lipinski definition) is 4. The fourth-order valence-corrected chi connectivity index (χ4v) is 3.00. The molecule has 0 spiro atoms. The van der Waals surface area contributed by atoms with E-state index in [1.54, 1.807) is 11.8 Å². The van der Waals surface area contributed by atoms with E-state index in [1.807, 2.05) is 29.2 Å². The molecule has 5 nitrogen and oxygen atoms in total. The average Bonchev–Trinajstić information content (AvgIpc) is 2.53. The van der Waals surface area contributed by atoms with Crippen LogP contribution < -0.4 is 0 Å². The Bertz CT molecular complexity index is 496. The smallest absolute Gasteiger partial charge is 0.233 e. The molecule has 1 aliphatic heterocycles. The van der Waals surface area contributed by atoms with Crippen LogP contribution in [0.4, 0.5) is 0 Å². The largest absolute Gasteiger partial charge is 0.392 e. The fraction of sp³-hybridized carbons (Fsp3) is 0.467. The summed E-state index contributed by atoms with van der Waals surface area (Å²) in [5.74, 6) is 0.577. The number of benzene rings is 1. The van der Waals surface area contributed by atoms with Gasteiger partial charge in [0.25, 0.3) is 0 Å². The second kappa shape index (κ2) is 7.47. The highest BCUT2D eigenvalue weighted by molar-refractivity contribution is 8.00. The van der Waals surface area contributed by atoms with Crippen LogP contribution in [0.2, 0.25) is 0 Å². The second-order valence-electron chi connectivity index (χ2n) is 4.98. The number of rotatable bonds is 4. The molecule has 1 fully saturated rings. The van der Waals surface area contributed by atoms with Gasteiger partial charge in [-0.25, -0.2) is 0 Å². The Balaban J connectivity index is 1.78. The third-order valence-corrected chi connectivity index (χ3v) is 4.54. The van der Waals surface area contributed by atoms with Gasteiger partial charge < -0.3 is 14.9 Å². The summed E-state index contributed by atoms with van der Waals surface area (Å²) < 4.78 is 0. The average molecular weight is 308 g/mol. The van der Waals surface area contributed by atoms with Crippen LogP contribution in [0.1, 0.15) is 12.5 Å². The SMILES string of the molecule is CC(=O)N1CCN(C(=O)CSc2ccc(CO)cc2)CC1. The molecule has 0 aliphatic carbocycles. The summed E-state index contributed by atoms with van der Waals surface area (Å²) in [6.45, 7) is 4.06. The molecule has 1 aromatic carbocycles. The molecule has 0 bridgehead atoms. The van der Waals surface area contributed by atoms with Gasteiger partial charge in [-0.2, -0.15) is 0 Å². The molecule has 21 heavy (non-hydrogen) atoms. The summed E-state index contributed by atoms with van der Waals surface area (Å²) in [7, 11) is 0. The van der Waals surface area contributed by atoms with E-state index in [-0.39, 0.29) is 18.4 Å². The Kier molecular flexibility index (Phi) is 5.64. The third-order valence-electron chi connectivity index (χ3n) is 3.55. The van der Waals surface area contributed by atoms with Gasteiger partial charge in [0.2, 0.25) is 11.8 Å². The van der Waals surface area contributed by atoms with Gasteiger partial charge in [0.15, 0.2) is 0 Å². The minimum atomic E-state index is 0.0320. The van der Waals surface area contributed by atoms with E-state index in [0.29, 0.717) is 31.9 Å². The van der Waals surface area contributed by atoms with Gasteiger partial charge in [-0.1, -0.05) is 12.1 Å². The summed E-state index contributed by atoms with van der Waals surface area (Å²) in [5.41, 5.74) is 0.867. The van der Waals surface area contributed by atoms with Crippen molar-refractivity contribution < 1.29 is 14.7 Å². The second-order valence-corrected chi connectivity index (χ2v) is 6.03. The maximum atomic E-state index is 12.1. The van der Waals surface area contributed by atoms with Crippen LogP contribution >= 0.6 is 11.8 Å². The third kappa shape index (κ3) is 4.47. The van der Waals surface area contributed by atoms with Crippen LogP contribution in [-0.4, -0.2) is 58.7 Å². The molecule has 1 aromatic rings. The Labute approximate surface area is 128 Å². The lowest BCUT2D eigenvalue weighted by Crippen LogP contribution is -2.50. The van der Waals surface area contributed by atoms with Crippen molar-refractivity contribution in [3.63, 3.8) is 0 Å². The molecule has 1 heterocycles. The van der Waals surface area contributed by atoms with Crippen molar-refractivity contribution in [2.75, 3.05) is 31.9 Å². The molecule has 0 radical (unpaired) electrons. The number of aliphatic hydroxyl groups is 1. The van der Waals surface area contributed by atoms with Crippen molar-refractivity contribution >= 4 is 23.6 Å². The topological polar surface area (TPSA) is 60.9 Å². The molecule has 1 saturated heterocycles. The molecule has 0 aromatic heterocycles. The molecular weight excluding hydrogens is 288 g/mol. The number of nitrogens with zero attached hydrogens (tertiary/aromatic N) is 2. The van der Waals surface area contributed by atoms with Crippen molar-refractivity contribution in [3.05, 3.63) is 29.8 Å². The van der Waals surface area contributed by atoms with Crippen molar-refractivity contribution in [3.8, 4) is 0 Å². The van der Waals surface area contributed by atoms with Gasteiger partial charge >= 0.3 is 0 Å². The standard InChI is InChI=1S/C15H20N2O3S/c1-12(19)16-6-8-17(9-7-16)15(20)11-21-14-4-2-13(10-18)3-5-14/h2-5,18H,6-11H2,1H3. The van der Waals surface area contributed by atoms with Gasteiger partial charge in [-0.3, -0.25) is 9.59 Å². The summed E-state index contributed by atoms with van der Waals surface area (Å²) in [6.07, 6.45) is 0. The zero-order chi connectivity index (χ0) is 15.2. The van der Waals surface area contributed by atoms with E-state index < -0.39 is 0 Å². The van der Waals surface area contributed by atoms with Crippen molar-refractivity contribution in [2.45, 2.75) is 18.4 Å². The van der Waals surface area contributed by atoms with Crippen molar-refractivity contribution in [2.24, 2.45) is 0 Å². The molecule has 0 saturated carbocycles. The van der Waals surface area contributed by atoms with Crippen LogP contribution in [0.15, 0.2) is 29.2 Å². The minimum Gasteiger partial charge on any atom is -0.392 e. The highest BCUT2D eigenvalue weighted by Crippen LogP contribution is 2.19. The molecular formula is C15H20N2O3S. The summed E-state index contributed by atoms with van der Waals surface area (Å²) in [5, 5.41) is 8.98. The van der Waals surface area contributed by atoms with E-state index >= 15 is 0 Å². The molecule has 0 unspecified atom stereocenters. The first kappa shape index (κ1) is 15.9. The summed E-state index contributed by atoms with van der Waals surface area (Å²) in [6, 6.07) is 7.55. The first-order valence-electron chi connectivity index (χ1n) is 6.96.